The van der Waals surface area contributed by atoms with Crippen LogP contribution in [0.2, 0.25) is 5.02 Å². The molecule has 0 aliphatic heterocycles. The van der Waals surface area contributed by atoms with E-state index in [-0.39, 0.29) is 17.7 Å². The van der Waals surface area contributed by atoms with Crippen LogP contribution in [0.5, 0.6) is 0 Å². The number of halogens is 4. The van der Waals surface area contributed by atoms with Crippen LogP contribution in [0.1, 0.15) is 18.1 Å². The maximum absolute atomic E-state index is 13.9. The van der Waals surface area contributed by atoms with Gasteiger partial charge in [0.1, 0.15) is 0 Å². The third kappa shape index (κ3) is 2.91. The third-order valence-corrected chi connectivity index (χ3v) is 3.58. The summed E-state index contributed by atoms with van der Waals surface area (Å²) in [6.45, 7) is 1.42. The molecule has 2 aromatic carbocycles. The number of nitrogens with two attached hydrogens (primary N) is 1. The molecule has 118 valence electrons. The number of hydrogen-bond acceptors (Lipinski definition) is 2. The zero-order valence-electron chi connectivity index (χ0n) is 11.8. The van der Waals surface area contributed by atoms with E-state index in [1.807, 2.05) is 0 Å². The average Bonchev–Trinajstić information content (AvgIpc) is 2.45. The largest absolute Gasteiger partial charge is 0.426 e. The highest BCUT2D eigenvalue weighted by Crippen LogP contribution is 2.47. The van der Waals surface area contributed by atoms with E-state index in [2.05, 4.69) is 0 Å². The summed E-state index contributed by atoms with van der Waals surface area (Å²) in [4.78, 5) is 0. The van der Waals surface area contributed by atoms with Gasteiger partial charge in [0.05, 0.1) is 0 Å². The number of nitrogen functional groups attached to an aromatic ring is 1. The monoisotopic (exact) mass is 329 g/mol. The summed E-state index contributed by atoms with van der Waals surface area (Å²) in [7, 11) is 0. The van der Waals surface area contributed by atoms with Crippen LogP contribution in [0.25, 0.3) is 0 Å². The van der Waals surface area contributed by atoms with Gasteiger partial charge in [0.2, 0.25) is 5.60 Å². The molecule has 0 heterocycles. The van der Waals surface area contributed by atoms with Gasteiger partial charge in [-0.15, -0.1) is 0 Å². The second-order valence-corrected chi connectivity index (χ2v) is 5.18. The molecule has 2 rings (SSSR count). The van der Waals surface area contributed by atoms with Crippen molar-refractivity contribution in [1.82, 2.24) is 0 Å². The highest BCUT2D eigenvalue weighted by molar-refractivity contribution is 6.30. The molecule has 0 bridgehead atoms. The summed E-state index contributed by atoms with van der Waals surface area (Å²) < 4.78 is 47.1. The summed E-state index contributed by atoms with van der Waals surface area (Å²) in [6.07, 6.45) is -4.65. The lowest BCUT2D eigenvalue weighted by Gasteiger charge is -2.36. The Kier molecular flexibility index (Phi) is 4.68. The Balaban J connectivity index is 2.71. The van der Waals surface area contributed by atoms with Crippen molar-refractivity contribution in [2.75, 3.05) is 12.3 Å². The topological polar surface area (TPSA) is 35.2 Å². The molecule has 2 aromatic rings. The first-order valence-corrected chi connectivity index (χ1v) is 7.02. The predicted octanol–water partition coefficient (Wildman–Crippen LogP) is 4.76. The molecule has 6 heteroatoms. The van der Waals surface area contributed by atoms with E-state index in [1.165, 1.54) is 55.5 Å². The normalized spacial score (nSPS) is 14.6. The Bertz CT molecular complexity index is 578. The molecular formula is C16H15ClF3NO. The van der Waals surface area contributed by atoms with E-state index < -0.39 is 11.8 Å². The zero-order chi connectivity index (χ0) is 16.4. The third-order valence-electron chi connectivity index (χ3n) is 3.33. The van der Waals surface area contributed by atoms with Crippen LogP contribution in [0.15, 0.2) is 48.5 Å². The molecule has 0 radical (unpaired) electrons. The fourth-order valence-corrected chi connectivity index (χ4v) is 2.49. The summed E-state index contributed by atoms with van der Waals surface area (Å²) in [5.41, 5.74) is 3.34. The maximum Gasteiger partial charge on any atom is 0.426 e. The standard InChI is InChI=1S/C16H15ClF3NO/c1-2-22-15(16(18,19)20,11-3-7-13(17)8-4-11)12-5-9-14(21)10-6-12/h3-10H,2,21H2,1H3. The van der Waals surface area contributed by atoms with Crippen molar-refractivity contribution in [3.63, 3.8) is 0 Å². The van der Waals surface area contributed by atoms with Crippen LogP contribution in [0.3, 0.4) is 0 Å². The molecule has 2 N–H and O–H groups in total. The van der Waals surface area contributed by atoms with Gasteiger partial charge < -0.3 is 10.5 Å². The van der Waals surface area contributed by atoms with E-state index in [1.54, 1.807) is 0 Å². The van der Waals surface area contributed by atoms with Crippen molar-refractivity contribution in [2.45, 2.75) is 18.7 Å². The van der Waals surface area contributed by atoms with Gasteiger partial charge in [0, 0.05) is 17.3 Å². The summed E-state index contributed by atoms with van der Waals surface area (Å²) in [6, 6.07) is 11.0. The minimum Gasteiger partial charge on any atom is -0.399 e. The fraction of sp³-hybridized carbons (Fsp3) is 0.250. The number of rotatable bonds is 4. The smallest absolute Gasteiger partial charge is 0.399 e. The maximum atomic E-state index is 13.9. The minimum atomic E-state index is -4.65. The van der Waals surface area contributed by atoms with Gasteiger partial charge in [-0.2, -0.15) is 13.2 Å². The van der Waals surface area contributed by atoms with Crippen molar-refractivity contribution in [2.24, 2.45) is 0 Å². The van der Waals surface area contributed by atoms with Crippen LogP contribution < -0.4 is 5.73 Å². The molecule has 1 unspecified atom stereocenters. The molecular weight excluding hydrogens is 315 g/mol. The minimum absolute atomic E-state index is 0.0293. The predicted molar refractivity (Wildman–Crippen MR) is 80.8 cm³/mol. The second kappa shape index (κ2) is 6.18. The lowest BCUT2D eigenvalue weighted by molar-refractivity contribution is -0.265. The van der Waals surface area contributed by atoms with Gasteiger partial charge >= 0.3 is 6.18 Å². The van der Waals surface area contributed by atoms with Crippen LogP contribution in [0.4, 0.5) is 18.9 Å². The average molecular weight is 330 g/mol. The van der Waals surface area contributed by atoms with Crippen molar-refractivity contribution in [3.05, 3.63) is 64.7 Å². The van der Waals surface area contributed by atoms with Crippen molar-refractivity contribution < 1.29 is 17.9 Å². The lowest BCUT2D eigenvalue weighted by atomic mass is 9.85. The summed E-state index contributed by atoms with van der Waals surface area (Å²) in [5.74, 6) is 0. The Morgan fingerprint density at radius 1 is 0.955 bits per heavy atom. The number of alkyl halides is 3. The molecule has 0 aliphatic rings. The fourth-order valence-electron chi connectivity index (χ4n) is 2.36. The highest BCUT2D eigenvalue weighted by Gasteiger charge is 2.58. The molecule has 22 heavy (non-hydrogen) atoms. The Morgan fingerprint density at radius 3 is 1.82 bits per heavy atom. The van der Waals surface area contributed by atoms with Gasteiger partial charge in [0.15, 0.2) is 0 Å². The first kappa shape index (κ1) is 16.6. The Labute approximate surface area is 131 Å². The molecule has 0 spiro atoms. The van der Waals surface area contributed by atoms with E-state index >= 15 is 0 Å². The molecule has 0 aliphatic carbocycles. The van der Waals surface area contributed by atoms with Gasteiger partial charge in [-0.25, -0.2) is 0 Å². The number of ether oxygens (including phenoxy) is 1. The van der Waals surface area contributed by atoms with Crippen molar-refractivity contribution in [1.29, 1.82) is 0 Å². The molecule has 2 nitrogen and oxygen atoms in total. The van der Waals surface area contributed by atoms with Crippen LogP contribution in [-0.2, 0) is 10.3 Å². The number of hydrogen-bond donors (Lipinski definition) is 1. The van der Waals surface area contributed by atoms with Gasteiger partial charge in [-0.05, 0) is 42.3 Å². The van der Waals surface area contributed by atoms with Gasteiger partial charge in [-0.3, -0.25) is 0 Å². The van der Waals surface area contributed by atoms with Crippen LogP contribution in [0, 0.1) is 0 Å². The molecule has 0 fully saturated rings. The van der Waals surface area contributed by atoms with Gasteiger partial charge in [-0.1, -0.05) is 35.9 Å². The van der Waals surface area contributed by atoms with E-state index in [4.69, 9.17) is 22.1 Å². The van der Waals surface area contributed by atoms with Crippen molar-refractivity contribution in [3.8, 4) is 0 Å². The number of benzene rings is 2. The number of anilines is 1. The highest BCUT2D eigenvalue weighted by atomic mass is 35.5. The summed E-state index contributed by atoms with van der Waals surface area (Å²) >= 11 is 5.78. The zero-order valence-corrected chi connectivity index (χ0v) is 12.6. The lowest BCUT2D eigenvalue weighted by Crippen LogP contribution is -2.46. The SMILES string of the molecule is CCOC(c1ccc(N)cc1)(c1ccc(Cl)cc1)C(F)(F)F. The first-order chi connectivity index (χ1) is 10.3. The first-order valence-electron chi connectivity index (χ1n) is 6.64. The van der Waals surface area contributed by atoms with Crippen molar-refractivity contribution >= 4 is 17.3 Å². The Morgan fingerprint density at radius 2 is 1.41 bits per heavy atom. The molecule has 1 atom stereocenters. The van der Waals surface area contributed by atoms with E-state index in [0.29, 0.717) is 10.7 Å². The Hall–Kier alpha value is -1.72. The quantitative estimate of drug-likeness (QED) is 0.820. The van der Waals surface area contributed by atoms with Crippen LogP contribution >= 0.6 is 11.6 Å². The van der Waals surface area contributed by atoms with E-state index in [9.17, 15) is 13.2 Å². The summed E-state index contributed by atoms with van der Waals surface area (Å²) in [5, 5.41) is 0.355. The second-order valence-electron chi connectivity index (χ2n) is 4.74. The van der Waals surface area contributed by atoms with Crippen LogP contribution in [-0.4, -0.2) is 12.8 Å². The van der Waals surface area contributed by atoms with Gasteiger partial charge in [0.25, 0.3) is 0 Å². The molecule has 0 aromatic heterocycles. The molecule has 0 amide bonds. The molecule has 0 saturated carbocycles. The van der Waals surface area contributed by atoms with E-state index in [0.717, 1.165) is 0 Å². The molecule has 0 saturated heterocycles.